The number of aryl methyl sites for hydroxylation is 1. The second-order valence-corrected chi connectivity index (χ2v) is 5.63. The SMILES string of the molecule is Cc1cccc(CN(C)c2nnc(CNCC(C)C)o2)n1. The van der Waals surface area contributed by atoms with Gasteiger partial charge >= 0.3 is 6.01 Å². The zero-order chi connectivity index (χ0) is 15.2. The van der Waals surface area contributed by atoms with Crippen LogP contribution in [0.5, 0.6) is 0 Å². The van der Waals surface area contributed by atoms with Gasteiger partial charge in [0.15, 0.2) is 0 Å². The summed E-state index contributed by atoms with van der Waals surface area (Å²) >= 11 is 0. The molecule has 0 fully saturated rings. The molecule has 0 aliphatic heterocycles. The van der Waals surface area contributed by atoms with E-state index in [1.54, 1.807) is 0 Å². The van der Waals surface area contributed by atoms with Gasteiger partial charge in [0.25, 0.3) is 0 Å². The Morgan fingerprint density at radius 2 is 2.10 bits per heavy atom. The molecule has 0 unspecified atom stereocenters. The molecule has 0 atom stereocenters. The Kier molecular flexibility index (Phi) is 5.27. The van der Waals surface area contributed by atoms with Crippen molar-refractivity contribution in [1.29, 1.82) is 0 Å². The topological polar surface area (TPSA) is 67.1 Å². The second kappa shape index (κ2) is 7.17. The van der Waals surface area contributed by atoms with Crippen molar-refractivity contribution in [3.05, 3.63) is 35.5 Å². The van der Waals surface area contributed by atoms with Crippen LogP contribution >= 0.6 is 0 Å². The first-order valence-electron chi connectivity index (χ1n) is 7.21. The predicted octanol–water partition coefficient (Wildman–Crippen LogP) is 2.16. The fraction of sp³-hybridized carbons (Fsp3) is 0.533. The van der Waals surface area contributed by atoms with Crippen LogP contribution in [0.2, 0.25) is 0 Å². The number of nitrogens with zero attached hydrogens (tertiary/aromatic N) is 4. The minimum Gasteiger partial charge on any atom is -0.407 e. The molecule has 6 heteroatoms. The van der Waals surface area contributed by atoms with Crippen LogP contribution in [0.3, 0.4) is 0 Å². The third-order valence-electron chi connectivity index (χ3n) is 2.96. The first-order chi connectivity index (χ1) is 10.0. The zero-order valence-corrected chi connectivity index (χ0v) is 13.1. The average molecular weight is 289 g/mol. The molecule has 0 bridgehead atoms. The molecule has 2 aromatic heterocycles. The zero-order valence-electron chi connectivity index (χ0n) is 13.1. The Labute approximate surface area is 125 Å². The van der Waals surface area contributed by atoms with E-state index in [1.165, 1.54) is 0 Å². The summed E-state index contributed by atoms with van der Waals surface area (Å²) in [6.07, 6.45) is 0. The van der Waals surface area contributed by atoms with Crippen molar-refractivity contribution in [3.8, 4) is 0 Å². The maximum atomic E-state index is 5.64. The van der Waals surface area contributed by atoms with Crippen molar-refractivity contribution in [2.24, 2.45) is 5.92 Å². The van der Waals surface area contributed by atoms with E-state index >= 15 is 0 Å². The van der Waals surface area contributed by atoms with Crippen LogP contribution in [-0.4, -0.2) is 28.8 Å². The lowest BCUT2D eigenvalue weighted by atomic mass is 10.2. The third-order valence-corrected chi connectivity index (χ3v) is 2.96. The van der Waals surface area contributed by atoms with Crippen molar-refractivity contribution in [3.63, 3.8) is 0 Å². The van der Waals surface area contributed by atoms with Crippen molar-refractivity contribution < 1.29 is 4.42 Å². The van der Waals surface area contributed by atoms with Gasteiger partial charge in [-0.3, -0.25) is 4.98 Å². The highest BCUT2D eigenvalue weighted by Gasteiger charge is 2.11. The number of rotatable bonds is 7. The molecule has 114 valence electrons. The molecule has 0 saturated carbocycles. The maximum Gasteiger partial charge on any atom is 0.318 e. The molecule has 2 heterocycles. The molecule has 0 aliphatic rings. The highest BCUT2D eigenvalue weighted by molar-refractivity contribution is 5.24. The van der Waals surface area contributed by atoms with Crippen LogP contribution in [0.4, 0.5) is 6.01 Å². The summed E-state index contributed by atoms with van der Waals surface area (Å²) in [5.41, 5.74) is 1.99. The maximum absolute atomic E-state index is 5.64. The molecule has 0 aromatic carbocycles. The Morgan fingerprint density at radius 3 is 2.81 bits per heavy atom. The van der Waals surface area contributed by atoms with E-state index < -0.39 is 0 Å². The number of nitrogens with one attached hydrogen (secondary N) is 1. The van der Waals surface area contributed by atoms with Gasteiger partial charge in [0.2, 0.25) is 5.89 Å². The van der Waals surface area contributed by atoms with E-state index in [0.29, 0.717) is 30.9 Å². The fourth-order valence-corrected chi connectivity index (χ4v) is 1.94. The van der Waals surface area contributed by atoms with E-state index in [-0.39, 0.29) is 0 Å². The average Bonchev–Trinajstić information content (AvgIpc) is 2.87. The molecule has 0 amide bonds. The molecular weight excluding hydrogens is 266 g/mol. The highest BCUT2D eigenvalue weighted by atomic mass is 16.4. The summed E-state index contributed by atoms with van der Waals surface area (Å²) in [7, 11) is 1.92. The van der Waals surface area contributed by atoms with Gasteiger partial charge in [0, 0.05) is 12.7 Å². The Hall–Kier alpha value is -1.95. The Morgan fingerprint density at radius 1 is 1.29 bits per heavy atom. The summed E-state index contributed by atoms with van der Waals surface area (Å²) in [4.78, 5) is 6.37. The monoisotopic (exact) mass is 289 g/mol. The van der Waals surface area contributed by atoms with E-state index in [0.717, 1.165) is 17.9 Å². The first kappa shape index (κ1) is 15.4. The quantitative estimate of drug-likeness (QED) is 0.842. The lowest BCUT2D eigenvalue weighted by Gasteiger charge is -2.13. The lowest BCUT2D eigenvalue weighted by molar-refractivity contribution is 0.449. The van der Waals surface area contributed by atoms with Gasteiger partial charge < -0.3 is 14.6 Å². The lowest BCUT2D eigenvalue weighted by Crippen LogP contribution is -2.19. The molecule has 2 aromatic rings. The molecular formula is C15H23N5O. The Bertz CT molecular complexity index is 567. The summed E-state index contributed by atoms with van der Waals surface area (Å²) in [6.45, 7) is 8.48. The van der Waals surface area contributed by atoms with Crippen LogP contribution in [0.1, 0.15) is 31.1 Å². The molecule has 0 aliphatic carbocycles. The van der Waals surface area contributed by atoms with Crippen molar-refractivity contribution >= 4 is 6.01 Å². The van der Waals surface area contributed by atoms with Crippen molar-refractivity contribution in [1.82, 2.24) is 20.5 Å². The van der Waals surface area contributed by atoms with Gasteiger partial charge in [-0.05, 0) is 31.5 Å². The molecule has 0 saturated heterocycles. The minimum absolute atomic E-state index is 0.514. The molecule has 0 radical (unpaired) electrons. The number of hydrogen-bond acceptors (Lipinski definition) is 6. The summed E-state index contributed by atoms with van der Waals surface area (Å²) < 4.78 is 5.64. The van der Waals surface area contributed by atoms with E-state index in [2.05, 4.69) is 34.3 Å². The van der Waals surface area contributed by atoms with Gasteiger partial charge in [-0.25, -0.2) is 0 Å². The van der Waals surface area contributed by atoms with Gasteiger partial charge in [-0.15, -0.1) is 5.10 Å². The molecule has 2 rings (SSSR count). The van der Waals surface area contributed by atoms with Crippen LogP contribution in [-0.2, 0) is 13.1 Å². The fourth-order valence-electron chi connectivity index (χ4n) is 1.94. The summed E-state index contributed by atoms with van der Waals surface area (Å²) in [5.74, 6) is 1.21. The number of aromatic nitrogens is 3. The van der Waals surface area contributed by atoms with Crippen LogP contribution < -0.4 is 10.2 Å². The van der Waals surface area contributed by atoms with Gasteiger partial charge in [-0.2, -0.15) is 0 Å². The normalized spacial score (nSPS) is 11.1. The van der Waals surface area contributed by atoms with Crippen LogP contribution in [0.25, 0.3) is 0 Å². The molecule has 0 spiro atoms. The number of pyridine rings is 1. The molecule has 6 nitrogen and oxygen atoms in total. The van der Waals surface area contributed by atoms with Crippen molar-refractivity contribution in [2.45, 2.75) is 33.9 Å². The van der Waals surface area contributed by atoms with E-state index in [1.807, 2.05) is 37.1 Å². The first-order valence-corrected chi connectivity index (χ1v) is 7.21. The van der Waals surface area contributed by atoms with Crippen LogP contribution in [0.15, 0.2) is 22.6 Å². The summed E-state index contributed by atoms with van der Waals surface area (Å²) in [6, 6.07) is 6.49. The largest absolute Gasteiger partial charge is 0.407 e. The van der Waals surface area contributed by atoms with Crippen molar-refractivity contribution in [2.75, 3.05) is 18.5 Å². The minimum atomic E-state index is 0.514. The standard InChI is InChI=1S/C15H23N5O/c1-11(2)8-16-9-14-18-19-15(21-14)20(4)10-13-7-5-6-12(3)17-13/h5-7,11,16H,8-10H2,1-4H3. The summed E-state index contributed by atoms with van der Waals surface area (Å²) in [5, 5.41) is 11.4. The second-order valence-electron chi connectivity index (χ2n) is 5.63. The number of anilines is 1. The molecule has 21 heavy (non-hydrogen) atoms. The predicted molar refractivity (Wildman–Crippen MR) is 81.9 cm³/mol. The van der Waals surface area contributed by atoms with Gasteiger partial charge in [0.1, 0.15) is 0 Å². The Balaban J connectivity index is 1.91. The highest BCUT2D eigenvalue weighted by Crippen LogP contribution is 2.13. The molecule has 1 N–H and O–H groups in total. The number of hydrogen-bond donors (Lipinski definition) is 1. The smallest absolute Gasteiger partial charge is 0.318 e. The van der Waals surface area contributed by atoms with Crippen LogP contribution in [0, 0.1) is 12.8 Å². The van der Waals surface area contributed by atoms with E-state index in [4.69, 9.17) is 4.42 Å². The third kappa shape index (κ3) is 4.82. The van der Waals surface area contributed by atoms with Gasteiger partial charge in [0.05, 0.1) is 18.8 Å². The van der Waals surface area contributed by atoms with E-state index in [9.17, 15) is 0 Å². The van der Waals surface area contributed by atoms with Gasteiger partial charge in [-0.1, -0.05) is 25.0 Å².